The lowest BCUT2D eigenvalue weighted by Gasteiger charge is -2.11. The molecule has 2 rings (SSSR count). The summed E-state index contributed by atoms with van der Waals surface area (Å²) in [6.45, 7) is 3.93. The maximum absolute atomic E-state index is 12.1. The highest BCUT2D eigenvalue weighted by Crippen LogP contribution is 2.25. The van der Waals surface area contributed by atoms with Crippen LogP contribution in [0.25, 0.3) is 0 Å². The van der Waals surface area contributed by atoms with Gasteiger partial charge in [0.15, 0.2) is 0 Å². The lowest BCUT2D eigenvalue weighted by molar-refractivity contribution is 0.102. The monoisotopic (exact) mass is 269 g/mol. The SMILES string of the molecule is C=CCOc1ccccc1NC(=O)c1ccccc1O. The molecule has 0 radical (unpaired) electrons. The molecule has 0 saturated heterocycles. The van der Waals surface area contributed by atoms with Crippen molar-refractivity contribution >= 4 is 11.6 Å². The number of carbonyl (C=O) groups excluding carboxylic acids is 1. The molecule has 0 atom stereocenters. The summed E-state index contributed by atoms with van der Waals surface area (Å²) in [5.74, 6) is 0.100. The lowest BCUT2D eigenvalue weighted by atomic mass is 10.2. The van der Waals surface area contributed by atoms with Crippen LogP contribution in [0.2, 0.25) is 0 Å². The summed E-state index contributed by atoms with van der Waals surface area (Å²) < 4.78 is 5.46. The number of rotatable bonds is 5. The van der Waals surface area contributed by atoms with Crippen molar-refractivity contribution in [3.63, 3.8) is 0 Å². The second kappa shape index (κ2) is 6.43. The predicted molar refractivity (Wildman–Crippen MR) is 78.2 cm³/mol. The smallest absolute Gasteiger partial charge is 0.259 e. The predicted octanol–water partition coefficient (Wildman–Crippen LogP) is 3.21. The van der Waals surface area contributed by atoms with E-state index in [-0.39, 0.29) is 11.3 Å². The van der Waals surface area contributed by atoms with Crippen molar-refractivity contribution < 1.29 is 14.6 Å². The van der Waals surface area contributed by atoms with Gasteiger partial charge in [0.25, 0.3) is 5.91 Å². The van der Waals surface area contributed by atoms with Gasteiger partial charge in [0, 0.05) is 0 Å². The molecule has 4 heteroatoms. The summed E-state index contributed by atoms with van der Waals surface area (Å²) in [4.78, 5) is 12.1. The second-order valence-corrected chi connectivity index (χ2v) is 4.07. The number of phenols is 1. The molecular weight excluding hydrogens is 254 g/mol. The summed E-state index contributed by atoms with van der Waals surface area (Å²) in [5.41, 5.74) is 0.758. The number of hydrogen-bond donors (Lipinski definition) is 2. The Bertz CT molecular complexity index is 623. The van der Waals surface area contributed by atoms with Crippen LogP contribution in [0.4, 0.5) is 5.69 Å². The van der Waals surface area contributed by atoms with Crippen LogP contribution in [0.1, 0.15) is 10.4 Å². The summed E-state index contributed by atoms with van der Waals surface area (Å²) in [5, 5.41) is 12.4. The minimum atomic E-state index is -0.391. The van der Waals surface area contributed by atoms with Gasteiger partial charge in [0.05, 0.1) is 11.3 Å². The highest BCUT2D eigenvalue weighted by molar-refractivity contribution is 6.06. The van der Waals surface area contributed by atoms with Gasteiger partial charge >= 0.3 is 0 Å². The molecule has 2 N–H and O–H groups in total. The number of para-hydroxylation sites is 3. The van der Waals surface area contributed by atoms with E-state index in [1.165, 1.54) is 6.07 Å². The van der Waals surface area contributed by atoms with Crippen molar-refractivity contribution in [2.24, 2.45) is 0 Å². The molecule has 0 bridgehead atoms. The molecule has 2 aromatic carbocycles. The van der Waals surface area contributed by atoms with Crippen LogP contribution in [0.3, 0.4) is 0 Å². The van der Waals surface area contributed by atoms with Gasteiger partial charge in [-0.25, -0.2) is 0 Å². The number of aromatic hydroxyl groups is 1. The molecule has 0 heterocycles. The van der Waals surface area contributed by atoms with Crippen LogP contribution in [0, 0.1) is 0 Å². The Morgan fingerprint density at radius 1 is 1.20 bits per heavy atom. The molecule has 0 saturated carbocycles. The number of hydrogen-bond acceptors (Lipinski definition) is 3. The first-order valence-corrected chi connectivity index (χ1v) is 6.14. The molecule has 0 aliphatic heterocycles. The van der Waals surface area contributed by atoms with E-state index in [9.17, 15) is 9.90 Å². The van der Waals surface area contributed by atoms with Crippen molar-refractivity contribution in [3.8, 4) is 11.5 Å². The number of amides is 1. The standard InChI is InChI=1S/C16H15NO3/c1-2-11-20-15-10-6-4-8-13(15)17-16(19)12-7-3-5-9-14(12)18/h2-10,18H,1,11H2,(H,17,19). The Morgan fingerprint density at radius 3 is 2.65 bits per heavy atom. The highest BCUT2D eigenvalue weighted by Gasteiger charge is 2.12. The van der Waals surface area contributed by atoms with Crippen LogP contribution < -0.4 is 10.1 Å². The third kappa shape index (κ3) is 3.17. The Kier molecular flexibility index (Phi) is 4.39. The van der Waals surface area contributed by atoms with Crippen LogP contribution in [-0.4, -0.2) is 17.6 Å². The van der Waals surface area contributed by atoms with E-state index in [2.05, 4.69) is 11.9 Å². The largest absolute Gasteiger partial charge is 0.507 e. The van der Waals surface area contributed by atoms with Crippen molar-refractivity contribution in [1.82, 2.24) is 0 Å². The molecule has 0 spiro atoms. The molecule has 4 nitrogen and oxygen atoms in total. The normalized spacial score (nSPS) is 9.80. The van der Waals surface area contributed by atoms with E-state index in [4.69, 9.17) is 4.74 Å². The van der Waals surface area contributed by atoms with Gasteiger partial charge in [0.1, 0.15) is 18.1 Å². The van der Waals surface area contributed by atoms with Gasteiger partial charge in [0.2, 0.25) is 0 Å². The molecule has 1 amide bonds. The van der Waals surface area contributed by atoms with Crippen molar-refractivity contribution in [1.29, 1.82) is 0 Å². The van der Waals surface area contributed by atoms with E-state index in [0.717, 1.165) is 0 Å². The maximum atomic E-state index is 12.1. The van der Waals surface area contributed by atoms with Crippen LogP contribution in [-0.2, 0) is 0 Å². The van der Waals surface area contributed by atoms with Gasteiger partial charge in [-0.1, -0.05) is 36.9 Å². The van der Waals surface area contributed by atoms with Crippen LogP contribution in [0.5, 0.6) is 11.5 Å². The highest BCUT2D eigenvalue weighted by atomic mass is 16.5. The first-order chi connectivity index (χ1) is 9.72. The number of anilines is 1. The maximum Gasteiger partial charge on any atom is 0.259 e. The molecule has 2 aromatic rings. The first-order valence-electron chi connectivity index (χ1n) is 6.14. The molecule has 0 fully saturated rings. The average molecular weight is 269 g/mol. The number of carbonyl (C=O) groups is 1. The van der Waals surface area contributed by atoms with E-state index < -0.39 is 5.91 Å². The van der Waals surface area contributed by atoms with Gasteiger partial charge in [-0.05, 0) is 24.3 Å². The zero-order chi connectivity index (χ0) is 14.4. The van der Waals surface area contributed by atoms with Gasteiger partial charge in [-0.3, -0.25) is 4.79 Å². The minimum absolute atomic E-state index is 0.0607. The fourth-order valence-corrected chi connectivity index (χ4v) is 1.70. The quantitative estimate of drug-likeness (QED) is 0.819. The number of phenolic OH excluding ortho intramolecular Hbond substituents is 1. The molecule has 0 unspecified atom stereocenters. The summed E-state index contributed by atoms with van der Waals surface area (Å²) in [6, 6.07) is 13.5. The topological polar surface area (TPSA) is 58.6 Å². The first kappa shape index (κ1) is 13.7. The Hall–Kier alpha value is -2.75. The van der Waals surface area contributed by atoms with Gasteiger partial charge < -0.3 is 15.2 Å². The van der Waals surface area contributed by atoms with E-state index in [1.54, 1.807) is 42.5 Å². The van der Waals surface area contributed by atoms with E-state index in [0.29, 0.717) is 18.0 Å². The fraction of sp³-hybridized carbons (Fsp3) is 0.0625. The molecule has 0 aliphatic rings. The molecule has 0 aliphatic carbocycles. The molecule has 20 heavy (non-hydrogen) atoms. The molecule has 0 aromatic heterocycles. The van der Waals surface area contributed by atoms with Crippen LogP contribution >= 0.6 is 0 Å². The number of nitrogens with one attached hydrogen (secondary N) is 1. The van der Waals surface area contributed by atoms with E-state index in [1.807, 2.05) is 6.07 Å². The van der Waals surface area contributed by atoms with Gasteiger partial charge in [-0.2, -0.15) is 0 Å². The third-order valence-corrected chi connectivity index (χ3v) is 2.64. The summed E-state index contributed by atoms with van der Waals surface area (Å²) in [7, 11) is 0. The Morgan fingerprint density at radius 2 is 1.90 bits per heavy atom. The number of benzene rings is 2. The van der Waals surface area contributed by atoms with E-state index >= 15 is 0 Å². The fourth-order valence-electron chi connectivity index (χ4n) is 1.70. The third-order valence-electron chi connectivity index (χ3n) is 2.64. The van der Waals surface area contributed by atoms with Crippen molar-refractivity contribution in [3.05, 3.63) is 66.7 Å². The second-order valence-electron chi connectivity index (χ2n) is 4.07. The summed E-state index contributed by atoms with van der Waals surface area (Å²) >= 11 is 0. The van der Waals surface area contributed by atoms with Crippen molar-refractivity contribution in [2.45, 2.75) is 0 Å². The minimum Gasteiger partial charge on any atom is -0.507 e. The molecule has 102 valence electrons. The summed E-state index contributed by atoms with van der Waals surface area (Å²) in [6.07, 6.45) is 1.63. The van der Waals surface area contributed by atoms with Crippen molar-refractivity contribution in [2.75, 3.05) is 11.9 Å². The zero-order valence-corrected chi connectivity index (χ0v) is 10.9. The lowest BCUT2D eigenvalue weighted by Crippen LogP contribution is -2.13. The number of ether oxygens (including phenoxy) is 1. The van der Waals surface area contributed by atoms with Crippen LogP contribution in [0.15, 0.2) is 61.2 Å². The Balaban J connectivity index is 2.20. The van der Waals surface area contributed by atoms with Gasteiger partial charge in [-0.15, -0.1) is 0 Å². The average Bonchev–Trinajstić information content (AvgIpc) is 2.46. The zero-order valence-electron chi connectivity index (χ0n) is 10.9. The Labute approximate surface area is 117 Å². The molecular formula is C16H15NO3.